The van der Waals surface area contributed by atoms with Crippen molar-refractivity contribution in [1.82, 2.24) is 15.0 Å². The summed E-state index contributed by atoms with van der Waals surface area (Å²) in [5.74, 6) is 0.735. The van der Waals surface area contributed by atoms with Gasteiger partial charge in [0, 0.05) is 43.8 Å². The third-order valence-corrected chi connectivity index (χ3v) is 5.15. The predicted molar refractivity (Wildman–Crippen MR) is 103 cm³/mol. The molecular formula is C18H22Cl2N4O2. The van der Waals surface area contributed by atoms with E-state index in [4.69, 9.17) is 27.7 Å². The Kier molecular flexibility index (Phi) is 6.19. The molecule has 8 heteroatoms. The van der Waals surface area contributed by atoms with Crippen molar-refractivity contribution in [2.75, 3.05) is 31.5 Å². The minimum atomic E-state index is -0.249. The van der Waals surface area contributed by atoms with Crippen molar-refractivity contribution in [2.24, 2.45) is 0 Å². The summed E-state index contributed by atoms with van der Waals surface area (Å²) in [6, 6.07) is 6.73. The zero-order chi connectivity index (χ0) is 18.7. The standard InChI is InChI=1S/C18H22Cl2N4O2/c1-12-9-15(22-26-12)11-23-5-7-24(8-6-23)13(2)18(25)21-17-10-14(19)3-4-16(17)20/h3-4,9-10,13H,5-8,11H2,1-2H3,(H,21,25)/t13-/m0/s1. The fourth-order valence-corrected chi connectivity index (χ4v) is 3.36. The van der Waals surface area contributed by atoms with Gasteiger partial charge in [-0.1, -0.05) is 28.4 Å². The molecule has 0 spiro atoms. The average molecular weight is 397 g/mol. The van der Waals surface area contributed by atoms with E-state index < -0.39 is 0 Å². The van der Waals surface area contributed by atoms with Crippen LogP contribution < -0.4 is 5.32 Å². The van der Waals surface area contributed by atoms with E-state index in [1.807, 2.05) is 19.9 Å². The van der Waals surface area contributed by atoms with E-state index in [0.29, 0.717) is 15.7 Å². The van der Waals surface area contributed by atoms with Crippen LogP contribution in [0.15, 0.2) is 28.8 Å². The third-order valence-electron chi connectivity index (χ3n) is 4.58. The van der Waals surface area contributed by atoms with Gasteiger partial charge in [-0.25, -0.2) is 0 Å². The quantitative estimate of drug-likeness (QED) is 0.838. The number of piperazine rings is 1. The molecular weight excluding hydrogens is 375 g/mol. The number of nitrogens with zero attached hydrogens (tertiary/aromatic N) is 3. The molecule has 2 heterocycles. The van der Waals surface area contributed by atoms with E-state index in [-0.39, 0.29) is 11.9 Å². The first-order valence-electron chi connectivity index (χ1n) is 8.57. The van der Waals surface area contributed by atoms with Crippen molar-refractivity contribution in [3.05, 3.63) is 45.8 Å². The molecule has 1 aromatic carbocycles. The normalized spacial score (nSPS) is 17.2. The lowest BCUT2D eigenvalue weighted by Crippen LogP contribution is -2.52. The number of hydrogen-bond acceptors (Lipinski definition) is 5. The maximum absolute atomic E-state index is 12.6. The molecule has 26 heavy (non-hydrogen) atoms. The molecule has 140 valence electrons. The third kappa shape index (κ3) is 4.76. The van der Waals surface area contributed by atoms with Gasteiger partial charge in [-0.15, -0.1) is 0 Å². The number of rotatable bonds is 5. The van der Waals surface area contributed by atoms with Gasteiger partial charge in [-0.2, -0.15) is 0 Å². The topological polar surface area (TPSA) is 61.6 Å². The smallest absolute Gasteiger partial charge is 0.241 e. The number of halogens is 2. The van der Waals surface area contributed by atoms with Gasteiger partial charge in [-0.05, 0) is 32.0 Å². The van der Waals surface area contributed by atoms with E-state index in [2.05, 4.69) is 20.3 Å². The molecule has 0 saturated carbocycles. The van der Waals surface area contributed by atoms with Gasteiger partial charge < -0.3 is 9.84 Å². The molecule has 1 amide bonds. The van der Waals surface area contributed by atoms with Crippen LogP contribution in [-0.4, -0.2) is 53.1 Å². The van der Waals surface area contributed by atoms with Crippen molar-refractivity contribution in [3.8, 4) is 0 Å². The van der Waals surface area contributed by atoms with E-state index in [0.717, 1.165) is 44.2 Å². The maximum atomic E-state index is 12.6. The number of anilines is 1. The number of nitrogens with one attached hydrogen (secondary N) is 1. The van der Waals surface area contributed by atoms with Crippen LogP contribution in [0.1, 0.15) is 18.4 Å². The molecule has 1 aliphatic heterocycles. The Labute approximate surface area is 163 Å². The van der Waals surface area contributed by atoms with Crippen LogP contribution >= 0.6 is 23.2 Å². The second kappa shape index (κ2) is 8.39. The van der Waals surface area contributed by atoms with Gasteiger partial charge in [0.15, 0.2) is 0 Å². The first-order valence-corrected chi connectivity index (χ1v) is 9.32. The van der Waals surface area contributed by atoms with Gasteiger partial charge in [0.1, 0.15) is 5.76 Å². The Morgan fingerprint density at radius 3 is 2.65 bits per heavy atom. The molecule has 0 unspecified atom stereocenters. The number of aryl methyl sites for hydroxylation is 1. The molecule has 0 radical (unpaired) electrons. The van der Waals surface area contributed by atoms with E-state index >= 15 is 0 Å². The number of carbonyl (C=O) groups excluding carboxylic acids is 1. The highest BCUT2D eigenvalue weighted by Gasteiger charge is 2.26. The van der Waals surface area contributed by atoms with Crippen molar-refractivity contribution in [3.63, 3.8) is 0 Å². The molecule has 1 fully saturated rings. The Morgan fingerprint density at radius 2 is 2.00 bits per heavy atom. The van der Waals surface area contributed by atoms with Crippen LogP contribution in [0, 0.1) is 6.92 Å². The predicted octanol–water partition coefficient (Wildman–Crippen LogP) is 3.43. The summed E-state index contributed by atoms with van der Waals surface area (Å²) in [7, 11) is 0. The first-order chi connectivity index (χ1) is 12.4. The Morgan fingerprint density at radius 1 is 1.27 bits per heavy atom. The first kappa shape index (κ1) is 19.2. The zero-order valence-corrected chi connectivity index (χ0v) is 16.3. The Bertz CT molecular complexity index is 772. The Balaban J connectivity index is 1.51. The number of benzene rings is 1. The molecule has 3 rings (SSSR count). The highest BCUT2D eigenvalue weighted by atomic mass is 35.5. The summed E-state index contributed by atoms with van der Waals surface area (Å²) in [5, 5.41) is 7.92. The number of amides is 1. The largest absolute Gasteiger partial charge is 0.361 e. The van der Waals surface area contributed by atoms with Crippen LogP contribution in [0.5, 0.6) is 0 Å². The zero-order valence-electron chi connectivity index (χ0n) is 14.8. The van der Waals surface area contributed by atoms with Crippen LogP contribution in [-0.2, 0) is 11.3 Å². The van der Waals surface area contributed by atoms with Crippen LogP contribution in [0.4, 0.5) is 5.69 Å². The average Bonchev–Trinajstić information content (AvgIpc) is 3.03. The van der Waals surface area contributed by atoms with Gasteiger partial charge in [0.25, 0.3) is 0 Å². The molecule has 0 bridgehead atoms. The SMILES string of the molecule is Cc1cc(CN2CCN([C@@H](C)C(=O)Nc3cc(Cl)ccc3Cl)CC2)no1. The lowest BCUT2D eigenvalue weighted by molar-refractivity contribution is -0.121. The molecule has 6 nitrogen and oxygen atoms in total. The van der Waals surface area contributed by atoms with Gasteiger partial charge in [0.05, 0.1) is 22.4 Å². The number of aromatic nitrogens is 1. The molecule has 1 aliphatic rings. The van der Waals surface area contributed by atoms with Gasteiger partial charge in [-0.3, -0.25) is 14.6 Å². The molecule has 1 atom stereocenters. The van der Waals surface area contributed by atoms with Crippen LogP contribution in [0.3, 0.4) is 0 Å². The minimum absolute atomic E-state index is 0.0882. The second-order valence-electron chi connectivity index (χ2n) is 6.53. The van der Waals surface area contributed by atoms with E-state index in [1.165, 1.54) is 0 Å². The highest BCUT2D eigenvalue weighted by molar-refractivity contribution is 6.35. The van der Waals surface area contributed by atoms with Crippen molar-refractivity contribution >= 4 is 34.8 Å². The molecule has 1 N–H and O–H groups in total. The summed E-state index contributed by atoms with van der Waals surface area (Å²) in [6.45, 7) is 7.95. The summed E-state index contributed by atoms with van der Waals surface area (Å²) in [6.07, 6.45) is 0. The second-order valence-corrected chi connectivity index (χ2v) is 7.37. The minimum Gasteiger partial charge on any atom is -0.361 e. The fraction of sp³-hybridized carbons (Fsp3) is 0.444. The summed E-state index contributed by atoms with van der Waals surface area (Å²) in [5.41, 5.74) is 1.48. The molecule has 1 aromatic heterocycles. The van der Waals surface area contributed by atoms with Crippen LogP contribution in [0.25, 0.3) is 0 Å². The molecule has 1 saturated heterocycles. The van der Waals surface area contributed by atoms with E-state index in [9.17, 15) is 4.79 Å². The monoisotopic (exact) mass is 396 g/mol. The number of hydrogen-bond donors (Lipinski definition) is 1. The number of carbonyl (C=O) groups is 1. The van der Waals surface area contributed by atoms with Gasteiger partial charge in [0.2, 0.25) is 5.91 Å². The van der Waals surface area contributed by atoms with Crippen LogP contribution in [0.2, 0.25) is 10.0 Å². The maximum Gasteiger partial charge on any atom is 0.241 e. The lowest BCUT2D eigenvalue weighted by Gasteiger charge is -2.37. The van der Waals surface area contributed by atoms with E-state index in [1.54, 1.807) is 18.2 Å². The van der Waals surface area contributed by atoms with Crippen molar-refractivity contribution in [1.29, 1.82) is 0 Å². The summed E-state index contributed by atoms with van der Waals surface area (Å²) < 4.78 is 5.11. The van der Waals surface area contributed by atoms with Crippen molar-refractivity contribution in [2.45, 2.75) is 26.4 Å². The Hall–Kier alpha value is -1.60. The molecule has 0 aliphatic carbocycles. The summed E-state index contributed by atoms with van der Waals surface area (Å²) in [4.78, 5) is 17.0. The van der Waals surface area contributed by atoms with Gasteiger partial charge >= 0.3 is 0 Å². The fourth-order valence-electron chi connectivity index (χ4n) is 3.03. The summed E-state index contributed by atoms with van der Waals surface area (Å²) >= 11 is 12.1. The van der Waals surface area contributed by atoms with Crippen molar-refractivity contribution < 1.29 is 9.32 Å². The molecule has 2 aromatic rings. The highest BCUT2D eigenvalue weighted by Crippen LogP contribution is 2.25. The lowest BCUT2D eigenvalue weighted by atomic mass is 10.2.